The van der Waals surface area contributed by atoms with Gasteiger partial charge >= 0.3 is 0 Å². The zero-order valence-electron chi connectivity index (χ0n) is 15.1. The second kappa shape index (κ2) is 7.86. The van der Waals surface area contributed by atoms with E-state index in [-0.39, 0.29) is 23.8 Å². The molecule has 7 heteroatoms. The number of benzene rings is 1. The second-order valence-electron chi connectivity index (χ2n) is 6.73. The van der Waals surface area contributed by atoms with Crippen LogP contribution in [0.3, 0.4) is 0 Å². The Kier molecular flexibility index (Phi) is 5.31. The van der Waals surface area contributed by atoms with E-state index in [0.29, 0.717) is 18.0 Å². The molecule has 0 radical (unpaired) electrons. The number of amidine groups is 1. The van der Waals surface area contributed by atoms with Gasteiger partial charge in [-0.1, -0.05) is 35.5 Å². The Morgan fingerprint density at radius 3 is 2.74 bits per heavy atom. The number of aliphatic imine (C=N–C) groups is 1. The number of carbonyl (C=O) groups excluding carboxylic acids is 2. The summed E-state index contributed by atoms with van der Waals surface area (Å²) in [5.74, 6) is 0.620. The predicted octanol–water partition coefficient (Wildman–Crippen LogP) is 3.76. The molecular weight excluding hydrogens is 378 g/mol. The molecule has 2 amide bonds. The molecule has 1 saturated heterocycles. The van der Waals surface area contributed by atoms with Crippen molar-refractivity contribution in [3.8, 4) is 0 Å². The number of rotatable bonds is 3. The number of carbonyl (C=O) groups is 2. The SMILES string of the molecule is Cc1ccc(N2C(=O)CCC(C(=O)NC3=NCCS3)C2c2cccs2)cc1. The van der Waals surface area contributed by atoms with Gasteiger partial charge in [0.1, 0.15) is 0 Å². The van der Waals surface area contributed by atoms with Gasteiger partial charge < -0.3 is 10.2 Å². The number of hydrogen-bond donors (Lipinski definition) is 1. The van der Waals surface area contributed by atoms with Crippen LogP contribution in [0.1, 0.15) is 29.3 Å². The number of aryl methyl sites for hydroxylation is 1. The number of nitrogens with zero attached hydrogens (tertiary/aromatic N) is 2. The lowest BCUT2D eigenvalue weighted by Crippen LogP contribution is -2.48. The molecular formula is C20H21N3O2S2. The van der Waals surface area contributed by atoms with Crippen LogP contribution >= 0.6 is 23.1 Å². The van der Waals surface area contributed by atoms with Crippen molar-refractivity contribution in [3.63, 3.8) is 0 Å². The molecule has 0 bridgehead atoms. The Bertz CT molecular complexity index is 862. The third-order valence-corrected chi connectivity index (χ3v) is 6.73. The average Bonchev–Trinajstić information content (AvgIpc) is 3.36. The van der Waals surface area contributed by atoms with Gasteiger partial charge in [-0.2, -0.15) is 0 Å². The Balaban J connectivity index is 1.69. The molecule has 0 saturated carbocycles. The lowest BCUT2D eigenvalue weighted by atomic mass is 9.86. The molecule has 0 spiro atoms. The van der Waals surface area contributed by atoms with Crippen molar-refractivity contribution >= 4 is 45.8 Å². The summed E-state index contributed by atoms with van der Waals surface area (Å²) in [6, 6.07) is 11.6. The van der Waals surface area contributed by atoms with E-state index < -0.39 is 0 Å². The molecule has 27 heavy (non-hydrogen) atoms. The topological polar surface area (TPSA) is 61.8 Å². The molecule has 3 heterocycles. The molecule has 2 aliphatic rings. The highest BCUT2D eigenvalue weighted by Crippen LogP contribution is 2.41. The van der Waals surface area contributed by atoms with Crippen LogP contribution in [0.4, 0.5) is 5.69 Å². The highest BCUT2D eigenvalue weighted by Gasteiger charge is 2.42. The second-order valence-corrected chi connectivity index (χ2v) is 8.79. The van der Waals surface area contributed by atoms with Gasteiger partial charge in [0.15, 0.2) is 5.17 Å². The number of piperidine rings is 1. The van der Waals surface area contributed by atoms with E-state index in [1.165, 1.54) is 0 Å². The number of amides is 2. The fraction of sp³-hybridized carbons (Fsp3) is 0.350. The van der Waals surface area contributed by atoms with Crippen molar-refractivity contribution in [3.05, 3.63) is 52.2 Å². The molecule has 140 valence electrons. The van der Waals surface area contributed by atoms with Crippen molar-refractivity contribution in [1.29, 1.82) is 0 Å². The van der Waals surface area contributed by atoms with Crippen molar-refractivity contribution in [2.45, 2.75) is 25.8 Å². The van der Waals surface area contributed by atoms with Gasteiger partial charge in [0.2, 0.25) is 11.8 Å². The van der Waals surface area contributed by atoms with Crippen molar-refractivity contribution in [2.24, 2.45) is 10.9 Å². The van der Waals surface area contributed by atoms with E-state index in [4.69, 9.17) is 0 Å². The van der Waals surface area contributed by atoms with Crippen LogP contribution in [0.5, 0.6) is 0 Å². The number of hydrogen-bond acceptors (Lipinski definition) is 5. The third-order valence-electron chi connectivity index (χ3n) is 4.90. The van der Waals surface area contributed by atoms with Crippen LogP contribution in [-0.2, 0) is 9.59 Å². The van der Waals surface area contributed by atoms with Crippen molar-refractivity contribution in [1.82, 2.24) is 5.32 Å². The first-order chi connectivity index (χ1) is 13.1. The van der Waals surface area contributed by atoms with E-state index in [9.17, 15) is 9.59 Å². The van der Waals surface area contributed by atoms with Crippen LogP contribution in [-0.4, -0.2) is 29.3 Å². The minimum atomic E-state index is -0.299. The van der Waals surface area contributed by atoms with Gasteiger partial charge in [0, 0.05) is 22.7 Å². The largest absolute Gasteiger partial charge is 0.305 e. The van der Waals surface area contributed by atoms with Crippen LogP contribution < -0.4 is 10.2 Å². The first-order valence-electron chi connectivity index (χ1n) is 9.04. The summed E-state index contributed by atoms with van der Waals surface area (Å²) in [5, 5.41) is 5.67. The Hall–Kier alpha value is -2.12. The molecule has 1 aromatic heterocycles. The van der Waals surface area contributed by atoms with Gasteiger partial charge in [0.25, 0.3) is 0 Å². The lowest BCUT2D eigenvalue weighted by Gasteiger charge is -2.40. The number of nitrogens with one attached hydrogen (secondary N) is 1. The van der Waals surface area contributed by atoms with E-state index in [1.807, 2.05) is 53.6 Å². The third kappa shape index (κ3) is 3.80. The normalized spacial score (nSPS) is 22.6. The Morgan fingerprint density at radius 2 is 2.07 bits per heavy atom. The summed E-state index contributed by atoms with van der Waals surface area (Å²) in [6.07, 6.45) is 0.918. The maximum atomic E-state index is 13.1. The molecule has 2 atom stereocenters. The number of thioether (sulfide) groups is 1. The highest BCUT2D eigenvalue weighted by atomic mass is 32.2. The van der Waals surface area contributed by atoms with Gasteiger partial charge in [-0.25, -0.2) is 0 Å². The first kappa shape index (κ1) is 18.3. The van der Waals surface area contributed by atoms with Gasteiger partial charge in [-0.3, -0.25) is 14.6 Å². The lowest BCUT2D eigenvalue weighted by molar-refractivity contribution is -0.128. The zero-order valence-corrected chi connectivity index (χ0v) is 16.7. The molecule has 2 unspecified atom stereocenters. The summed E-state index contributed by atoms with van der Waals surface area (Å²) >= 11 is 3.16. The van der Waals surface area contributed by atoms with E-state index >= 15 is 0 Å². The van der Waals surface area contributed by atoms with Crippen LogP contribution in [0.25, 0.3) is 0 Å². The molecule has 4 rings (SSSR count). The summed E-state index contributed by atoms with van der Waals surface area (Å²) < 4.78 is 0. The quantitative estimate of drug-likeness (QED) is 0.855. The summed E-state index contributed by atoms with van der Waals surface area (Å²) in [4.78, 5) is 33.1. The van der Waals surface area contributed by atoms with Crippen molar-refractivity contribution < 1.29 is 9.59 Å². The van der Waals surface area contributed by atoms with Crippen LogP contribution in [0, 0.1) is 12.8 Å². The maximum Gasteiger partial charge on any atom is 0.231 e. The molecule has 1 aromatic carbocycles. The number of thiophene rings is 1. The fourth-order valence-corrected chi connectivity index (χ4v) is 5.18. The average molecular weight is 400 g/mol. The van der Waals surface area contributed by atoms with Crippen molar-refractivity contribution in [2.75, 3.05) is 17.2 Å². The molecule has 1 fully saturated rings. The molecule has 2 aromatic rings. The maximum absolute atomic E-state index is 13.1. The minimum Gasteiger partial charge on any atom is -0.305 e. The summed E-state index contributed by atoms with van der Waals surface area (Å²) in [6.45, 7) is 2.77. The smallest absolute Gasteiger partial charge is 0.231 e. The fourth-order valence-electron chi connectivity index (χ4n) is 3.57. The monoisotopic (exact) mass is 399 g/mol. The Morgan fingerprint density at radius 1 is 1.26 bits per heavy atom. The molecule has 1 N–H and O–H groups in total. The Labute approximate surface area is 166 Å². The predicted molar refractivity (Wildman–Crippen MR) is 111 cm³/mol. The van der Waals surface area contributed by atoms with Crippen LogP contribution in [0.15, 0.2) is 46.8 Å². The van der Waals surface area contributed by atoms with E-state index in [2.05, 4.69) is 10.3 Å². The molecule has 0 aliphatic carbocycles. The van der Waals surface area contributed by atoms with Crippen LogP contribution in [0.2, 0.25) is 0 Å². The highest BCUT2D eigenvalue weighted by molar-refractivity contribution is 8.14. The van der Waals surface area contributed by atoms with Gasteiger partial charge in [-0.15, -0.1) is 11.3 Å². The van der Waals surface area contributed by atoms with Gasteiger partial charge in [-0.05, 0) is 36.9 Å². The van der Waals surface area contributed by atoms with Gasteiger partial charge in [0.05, 0.1) is 18.5 Å². The zero-order chi connectivity index (χ0) is 18.8. The molecule has 5 nitrogen and oxygen atoms in total. The molecule has 2 aliphatic heterocycles. The minimum absolute atomic E-state index is 0.0499. The van der Waals surface area contributed by atoms with E-state index in [1.54, 1.807) is 23.1 Å². The summed E-state index contributed by atoms with van der Waals surface area (Å²) in [5.41, 5.74) is 1.98. The summed E-state index contributed by atoms with van der Waals surface area (Å²) in [7, 11) is 0. The number of anilines is 1. The first-order valence-corrected chi connectivity index (χ1v) is 10.9. The standard InChI is InChI=1S/C20H21N3O2S2/c1-13-4-6-14(7-5-13)23-17(24)9-8-15(18(23)16-3-2-11-26-16)19(25)22-20-21-10-12-27-20/h2-7,11,15,18H,8-10,12H2,1H3,(H,21,22,25). The van der Waals surface area contributed by atoms with E-state index in [0.717, 1.165) is 28.4 Å².